The van der Waals surface area contributed by atoms with E-state index in [2.05, 4.69) is 15.3 Å². The van der Waals surface area contributed by atoms with Gasteiger partial charge in [0, 0.05) is 45.7 Å². The summed E-state index contributed by atoms with van der Waals surface area (Å²) in [6, 6.07) is 5.58. The fourth-order valence-electron chi connectivity index (χ4n) is 8.75. The molecular weight excluding hydrogens is 732 g/mol. The van der Waals surface area contributed by atoms with Crippen molar-refractivity contribution in [2.24, 2.45) is 22.9 Å². The van der Waals surface area contributed by atoms with Gasteiger partial charge in [0.15, 0.2) is 0 Å². The van der Waals surface area contributed by atoms with Gasteiger partial charge in [-0.05, 0) is 56.3 Å². The zero-order valence-electron chi connectivity index (χ0n) is 35.8. The van der Waals surface area contributed by atoms with Gasteiger partial charge in [-0.15, -0.1) is 0 Å². The van der Waals surface area contributed by atoms with Crippen LogP contribution in [-0.2, 0) is 44.6 Å². The molecule has 2 heterocycles. The first kappa shape index (κ1) is 47.1. The summed E-state index contributed by atoms with van der Waals surface area (Å²) >= 11 is 0. The lowest BCUT2D eigenvalue weighted by Crippen LogP contribution is -2.58. The molecule has 0 bridgehead atoms. The quantitative estimate of drug-likeness (QED) is 0.0889. The number of methoxy groups -OCH3 is 3. The van der Waals surface area contributed by atoms with Crippen molar-refractivity contribution in [2.75, 3.05) is 55.6 Å². The highest BCUT2D eigenvalue weighted by molar-refractivity contribution is 5.91. The molecule has 0 spiro atoms. The van der Waals surface area contributed by atoms with Crippen molar-refractivity contribution in [3.63, 3.8) is 0 Å². The Kier molecular flexibility index (Phi) is 18.2. The van der Waals surface area contributed by atoms with Gasteiger partial charge < -0.3 is 34.2 Å². The Morgan fingerprint density at radius 2 is 1.67 bits per heavy atom. The van der Waals surface area contributed by atoms with Gasteiger partial charge in [0.25, 0.3) is 0 Å². The second kappa shape index (κ2) is 22.1. The number of likely N-dealkylation sites (N-methyl/N-ethyl adjacent to an activating group) is 2. The fourth-order valence-corrected chi connectivity index (χ4v) is 8.75. The van der Waals surface area contributed by atoms with Crippen molar-refractivity contribution in [2.45, 2.75) is 122 Å². The number of likely N-dealkylation sites (tertiary alicyclic amines) is 2. The van der Waals surface area contributed by atoms with Gasteiger partial charge in [-0.2, -0.15) is 0 Å². The van der Waals surface area contributed by atoms with E-state index >= 15 is 0 Å². The van der Waals surface area contributed by atoms with Crippen molar-refractivity contribution in [1.29, 1.82) is 0 Å². The average Bonchev–Trinajstić information content (AvgIpc) is 3.85. The summed E-state index contributed by atoms with van der Waals surface area (Å²) in [5.41, 5.74) is 10.1. The molecule has 0 aromatic heterocycles. The molecule has 16 nitrogen and oxygen atoms in total. The molecule has 3 rings (SSSR count). The summed E-state index contributed by atoms with van der Waals surface area (Å²) < 4.78 is 17.0. The molecule has 2 aliphatic rings. The lowest BCUT2D eigenvalue weighted by atomic mass is 9.89. The molecule has 318 valence electrons. The number of carbonyl (C=O) groups is 5. The van der Waals surface area contributed by atoms with Gasteiger partial charge in [-0.1, -0.05) is 76.5 Å². The number of esters is 1. The molecule has 1 N–H and O–H groups in total. The Balaban J connectivity index is 1.83. The number of carbonyl (C=O) groups excluding carboxylic acids is 5. The van der Waals surface area contributed by atoms with E-state index < -0.39 is 66.3 Å². The highest BCUT2D eigenvalue weighted by Crippen LogP contribution is 2.31. The molecule has 4 amide bonds. The molecule has 0 unspecified atom stereocenters. The van der Waals surface area contributed by atoms with Crippen LogP contribution in [0.1, 0.15) is 72.3 Å². The van der Waals surface area contributed by atoms with E-state index in [-0.39, 0.29) is 55.4 Å². The van der Waals surface area contributed by atoms with Crippen LogP contribution in [-0.4, -0.2) is 153 Å². The van der Waals surface area contributed by atoms with Gasteiger partial charge in [-0.25, -0.2) is 4.79 Å². The molecule has 2 aliphatic heterocycles. The van der Waals surface area contributed by atoms with E-state index in [0.29, 0.717) is 25.8 Å². The second-order valence-electron chi connectivity index (χ2n) is 16.1. The van der Waals surface area contributed by atoms with Crippen LogP contribution < -0.4 is 5.32 Å². The van der Waals surface area contributed by atoms with Gasteiger partial charge in [-0.3, -0.25) is 24.1 Å². The van der Waals surface area contributed by atoms with E-state index in [1.165, 1.54) is 21.3 Å². The van der Waals surface area contributed by atoms with Crippen LogP contribution in [0.4, 0.5) is 0 Å². The number of nitrogens with zero attached hydrogens (tertiary/aromatic N) is 7. The molecule has 0 radical (unpaired) electrons. The topological polar surface area (TPSA) is 187 Å². The summed E-state index contributed by atoms with van der Waals surface area (Å²) in [6.07, 6.45) is 1.03. The summed E-state index contributed by atoms with van der Waals surface area (Å²) in [5, 5.41) is 6.75. The van der Waals surface area contributed by atoms with Crippen LogP contribution in [0.25, 0.3) is 10.4 Å². The molecule has 57 heavy (non-hydrogen) atoms. The maximum Gasteiger partial charge on any atom is 0.328 e. The summed E-state index contributed by atoms with van der Waals surface area (Å²) in [5.74, 6) is -2.52. The van der Waals surface area contributed by atoms with Crippen LogP contribution in [0.15, 0.2) is 35.4 Å². The second-order valence-corrected chi connectivity index (χ2v) is 16.1. The number of azide groups is 1. The van der Waals surface area contributed by atoms with Crippen LogP contribution in [0.2, 0.25) is 0 Å². The van der Waals surface area contributed by atoms with Crippen LogP contribution in [0, 0.1) is 17.8 Å². The number of amides is 4. The van der Waals surface area contributed by atoms with Crippen LogP contribution >= 0.6 is 0 Å². The Labute approximate surface area is 338 Å². The van der Waals surface area contributed by atoms with Crippen molar-refractivity contribution in [3.05, 3.63) is 46.3 Å². The lowest BCUT2D eigenvalue weighted by molar-refractivity contribution is -0.152. The summed E-state index contributed by atoms with van der Waals surface area (Å²) in [4.78, 5) is 78.9. The molecule has 2 saturated heterocycles. The van der Waals surface area contributed by atoms with Gasteiger partial charge in [0.05, 0.1) is 55.8 Å². The van der Waals surface area contributed by atoms with E-state index in [1.807, 2.05) is 77.0 Å². The molecule has 1 aromatic carbocycles. The first-order valence-electron chi connectivity index (χ1n) is 20.1. The molecule has 10 atom stereocenters. The Hall–Kier alpha value is -4.24. The molecule has 1 aromatic rings. The van der Waals surface area contributed by atoms with Gasteiger partial charge >= 0.3 is 5.97 Å². The Morgan fingerprint density at radius 1 is 1.00 bits per heavy atom. The van der Waals surface area contributed by atoms with E-state index in [9.17, 15) is 29.5 Å². The van der Waals surface area contributed by atoms with E-state index in [0.717, 1.165) is 5.56 Å². The predicted molar refractivity (Wildman–Crippen MR) is 216 cm³/mol. The summed E-state index contributed by atoms with van der Waals surface area (Å²) in [6.45, 7) is 10.2. The number of nitrogens with one attached hydrogen (secondary N) is 1. The van der Waals surface area contributed by atoms with Crippen LogP contribution in [0.3, 0.4) is 0 Å². The standard InChI is InChI=1S/C41H66N8O8/c1-12-26(4)36(47(8)39(52)32-22-29(44-45-42)24-49(32)40(53)35(25(2)3)46(6)7)33(55-9)23-34(50)48-20-16-19-31(48)37(56-10)27(5)38(51)43-30(41(54)57-11)21-28-17-14-13-15-18-28/h13-15,17-18,25-27,29-33,35-37H,12,16,19-24H2,1-11H3,(H,43,51)/t26-,27+,29-,30-,31-,32-,33+,35-,36-,37+/m0/s1. The molecular formula is C41H66N8O8. The van der Waals surface area contributed by atoms with E-state index in [4.69, 9.17) is 14.2 Å². The third kappa shape index (κ3) is 11.7. The SMILES string of the molecule is CC[C@H](C)[C@@H]([C@@H](CC(=O)N1CCC[C@H]1[C@H](OC)[C@@H](C)C(=O)N[C@@H](Cc1ccccc1)C(=O)OC)OC)N(C)C(=O)[C@@H]1C[C@H](N=[N+]=[N-])CN1C(=O)[C@H](C(C)C)N(C)C. The lowest BCUT2D eigenvalue weighted by Gasteiger charge is -2.41. The molecule has 2 fully saturated rings. The zero-order chi connectivity index (χ0) is 42.6. The smallest absolute Gasteiger partial charge is 0.328 e. The largest absolute Gasteiger partial charge is 0.467 e. The first-order valence-corrected chi connectivity index (χ1v) is 20.1. The van der Waals surface area contributed by atoms with Crippen molar-refractivity contribution in [1.82, 2.24) is 24.9 Å². The zero-order valence-corrected chi connectivity index (χ0v) is 35.8. The van der Waals surface area contributed by atoms with Crippen molar-refractivity contribution >= 4 is 29.6 Å². The van der Waals surface area contributed by atoms with Crippen molar-refractivity contribution < 1.29 is 38.2 Å². The molecule has 16 heteroatoms. The highest BCUT2D eigenvalue weighted by Gasteiger charge is 2.47. The maximum absolute atomic E-state index is 14.5. The number of benzene rings is 1. The number of hydrogen-bond acceptors (Lipinski definition) is 10. The van der Waals surface area contributed by atoms with Gasteiger partial charge in [0.1, 0.15) is 12.1 Å². The third-order valence-electron chi connectivity index (χ3n) is 11.8. The normalized spacial score (nSPS) is 21.9. The fraction of sp³-hybridized carbons (Fsp3) is 0.732. The van der Waals surface area contributed by atoms with Gasteiger partial charge in [0.2, 0.25) is 23.6 Å². The maximum atomic E-state index is 14.5. The average molecular weight is 799 g/mol. The monoisotopic (exact) mass is 799 g/mol. The minimum absolute atomic E-state index is 0.0304. The molecule has 0 saturated carbocycles. The third-order valence-corrected chi connectivity index (χ3v) is 11.8. The predicted octanol–water partition coefficient (Wildman–Crippen LogP) is 3.67. The van der Waals surface area contributed by atoms with E-state index in [1.54, 1.807) is 28.7 Å². The van der Waals surface area contributed by atoms with Crippen LogP contribution in [0.5, 0.6) is 0 Å². The Morgan fingerprint density at radius 3 is 2.21 bits per heavy atom. The minimum atomic E-state index is -0.908. The number of rotatable bonds is 20. The minimum Gasteiger partial charge on any atom is -0.467 e. The highest BCUT2D eigenvalue weighted by atomic mass is 16.5. The Bertz CT molecular complexity index is 1550. The summed E-state index contributed by atoms with van der Waals surface area (Å²) in [7, 11) is 9.66. The number of ether oxygens (including phenoxy) is 3. The molecule has 0 aliphatic carbocycles. The first-order chi connectivity index (χ1) is 27.1. The number of hydrogen-bond donors (Lipinski definition) is 1. The van der Waals surface area contributed by atoms with Crippen molar-refractivity contribution in [3.8, 4) is 0 Å².